The third-order valence-corrected chi connectivity index (χ3v) is 11.1. The van der Waals surface area contributed by atoms with E-state index in [-0.39, 0.29) is 37.4 Å². The molecule has 14 nitrogen and oxygen atoms in total. The molecule has 1 aliphatic heterocycles. The van der Waals surface area contributed by atoms with Crippen molar-refractivity contribution in [2.24, 2.45) is 11.3 Å². The van der Waals surface area contributed by atoms with E-state index >= 15 is 0 Å². The van der Waals surface area contributed by atoms with E-state index in [0.29, 0.717) is 42.6 Å². The van der Waals surface area contributed by atoms with E-state index in [0.717, 1.165) is 22.5 Å². The number of nitrogens with one attached hydrogen (secondary N) is 3. The Morgan fingerprint density at radius 2 is 1.60 bits per heavy atom. The van der Waals surface area contributed by atoms with Crippen molar-refractivity contribution in [3.63, 3.8) is 0 Å². The quantitative estimate of drug-likeness (QED) is 0.0736. The normalized spacial score (nSPS) is 15.4. The highest BCUT2D eigenvalue weighted by atomic mass is 35.5. The highest BCUT2D eigenvalue weighted by Crippen LogP contribution is 2.26. The lowest BCUT2D eigenvalue weighted by molar-refractivity contribution is -0.132. The monoisotopic (exact) mass is 869 g/mol. The Bertz CT molecular complexity index is 2120. The van der Waals surface area contributed by atoms with Crippen LogP contribution in [0.15, 0.2) is 97.1 Å². The molecule has 1 aromatic heterocycles. The number of ether oxygens (including phenoxy) is 2. The summed E-state index contributed by atoms with van der Waals surface area (Å²) in [6.07, 6.45) is -1.14. The first-order valence-corrected chi connectivity index (χ1v) is 21.3. The van der Waals surface area contributed by atoms with Crippen molar-refractivity contribution in [1.82, 2.24) is 35.9 Å². The Balaban J connectivity index is 1.42. The number of alkyl carbamates (subject to hydrolysis) is 1. The van der Waals surface area contributed by atoms with E-state index in [1.54, 1.807) is 45.1 Å². The van der Waals surface area contributed by atoms with Crippen molar-refractivity contribution in [2.75, 3.05) is 26.7 Å². The summed E-state index contributed by atoms with van der Waals surface area (Å²) in [6, 6.07) is 26.5. The largest absolute Gasteiger partial charge is 0.457 e. The molecule has 1 aliphatic rings. The van der Waals surface area contributed by atoms with Gasteiger partial charge in [-0.3, -0.25) is 20.0 Å². The van der Waals surface area contributed by atoms with Gasteiger partial charge in [-0.15, -0.1) is 0 Å². The van der Waals surface area contributed by atoms with Gasteiger partial charge in [0, 0.05) is 36.9 Å². The number of halogens is 1. The number of aliphatic hydroxyl groups is 1. The molecule has 4 aromatic rings. The van der Waals surface area contributed by atoms with Gasteiger partial charge in [0.05, 0.1) is 31.5 Å². The lowest BCUT2D eigenvalue weighted by atomic mass is 9.86. The molecule has 15 heteroatoms. The minimum Gasteiger partial charge on any atom is -0.457 e. The molecule has 5 unspecified atom stereocenters. The molecule has 5 atom stereocenters. The summed E-state index contributed by atoms with van der Waals surface area (Å²) < 4.78 is 10.9. The number of hydrazine groups is 1. The third kappa shape index (κ3) is 13.4. The van der Waals surface area contributed by atoms with E-state index in [9.17, 15) is 24.3 Å². The Kier molecular flexibility index (Phi) is 16.7. The number of aryl methyl sites for hydroxylation is 1. The first kappa shape index (κ1) is 47.4. The fraction of sp³-hybridized carbons (Fsp3) is 0.426. The second kappa shape index (κ2) is 21.9. The standard InChI is InChI=1S/C47H60ClN7O7/c1-8-31(2)41(55-25-24-53(46(55)60)29-36-18-12-14-32(3)49-36)43(57)50-39(27-33-15-10-9-11-16-33)40(56)30-54(52-44(58)42(47(4,5)6)51-45(59)61-7)28-34-17-13-19-38(26-34)62-37-22-20-35(48)21-23-37/h9-23,26,31,39-42,56H,8,24-25,27-30H2,1-7H3,(H,50,57)(H,51,59)(H,52,58). The number of rotatable bonds is 19. The fourth-order valence-electron chi connectivity index (χ4n) is 7.38. The maximum absolute atomic E-state index is 14.6. The fourth-order valence-corrected chi connectivity index (χ4v) is 7.51. The first-order valence-electron chi connectivity index (χ1n) is 21.0. The SMILES string of the molecule is CCC(C)C(C(=O)NC(Cc1ccccc1)C(O)CN(Cc1cccc(Oc2ccc(Cl)cc2)c1)NC(=O)C(NC(=O)OC)C(C)(C)C)N1CCN(Cc2cccc(C)n2)C1=O. The molecule has 5 rings (SSSR count). The first-order chi connectivity index (χ1) is 29.5. The summed E-state index contributed by atoms with van der Waals surface area (Å²) in [4.78, 5) is 62.9. The number of methoxy groups -OCH3 is 1. The van der Waals surface area contributed by atoms with Crippen LogP contribution in [0.4, 0.5) is 9.59 Å². The van der Waals surface area contributed by atoms with Gasteiger partial charge in [0.1, 0.15) is 23.6 Å². The highest BCUT2D eigenvalue weighted by Gasteiger charge is 2.41. The van der Waals surface area contributed by atoms with E-state index in [4.69, 9.17) is 21.1 Å². The van der Waals surface area contributed by atoms with Crippen LogP contribution in [0.5, 0.6) is 11.5 Å². The average Bonchev–Trinajstić information content (AvgIpc) is 3.58. The molecule has 0 spiro atoms. The zero-order valence-electron chi connectivity index (χ0n) is 36.6. The van der Waals surface area contributed by atoms with Gasteiger partial charge >= 0.3 is 12.1 Å². The average molecular weight is 870 g/mol. The third-order valence-electron chi connectivity index (χ3n) is 10.9. The van der Waals surface area contributed by atoms with Crippen molar-refractivity contribution in [1.29, 1.82) is 0 Å². The molecule has 3 aromatic carbocycles. The van der Waals surface area contributed by atoms with Gasteiger partial charge in [-0.1, -0.05) is 101 Å². The summed E-state index contributed by atoms with van der Waals surface area (Å²) in [5.74, 6) is -0.0220. The number of hydrogen-bond donors (Lipinski definition) is 4. The predicted molar refractivity (Wildman–Crippen MR) is 238 cm³/mol. The lowest BCUT2D eigenvalue weighted by Gasteiger charge is -2.36. The molecule has 2 heterocycles. The predicted octanol–water partition coefficient (Wildman–Crippen LogP) is 6.88. The number of nitrogens with zero attached hydrogens (tertiary/aromatic N) is 4. The second-order valence-electron chi connectivity index (χ2n) is 16.9. The van der Waals surface area contributed by atoms with E-state index in [1.165, 1.54) is 7.11 Å². The molecular formula is C47H60ClN7O7. The zero-order chi connectivity index (χ0) is 45.0. The number of pyridine rings is 1. The van der Waals surface area contributed by atoms with Crippen LogP contribution in [0.3, 0.4) is 0 Å². The van der Waals surface area contributed by atoms with Crippen molar-refractivity contribution in [3.8, 4) is 11.5 Å². The van der Waals surface area contributed by atoms with Crippen LogP contribution in [-0.4, -0.2) is 99.8 Å². The Morgan fingerprint density at radius 3 is 2.26 bits per heavy atom. The van der Waals surface area contributed by atoms with Crippen molar-refractivity contribution < 1.29 is 33.8 Å². The lowest BCUT2D eigenvalue weighted by Crippen LogP contribution is -2.60. The van der Waals surface area contributed by atoms with Gasteiger partial charge in [0.25, 0.3) is 5.91 Å². The van der Waals surface area contributed by atoms with Crippen LogP contribution >= 0.6 is 11.6 Å². The molecule has 1 saturated heterocycles. The summed E-state index contributed by atoms with van der Waals surface area (Å²) in [7, 11) is 1.22. The number of urea groups is 1. The van der Waals surface area contributed by atoms with Crippen molar-refractivity contribution >= 4 is 35.5 Å². The Morgan fingerprint density at radius 1 is 0.903 bits per heavy atom. The number of hydrogen-bond acceptors (Lipinski definition) is 9. The van der Waals surface area contributed by atoms with Gasteiger partial charge in [0.2, 0.25) is 5.91 Å². The second-order valence-corrected chi connectivity index (χ2v) is 17.3. The minimum absolute atomic E-state index is 0.102. The zero-order valence-corrected chi connectivity index (χ0v) is 37.4. The van der Waals surface area contributed by atoms with Crippen LogP contribution in [0, 0.1) is 18.3 Å². The number of carbonyl (C=O) groups is 4. The van der Waals surface area contributed by atoms with Crippen LogP contribution in [0.25, 0.3) is 0 Å². The molecule has 0 aliphatic carbocycles. The molecule has 0 radical (unpaired) electrons. The molecule has 332 valence electrons. The van der Waals surface area contributed by atoms with E-state index < -0.39 is 41.6 Å². The molecule has 0 bridgehead atoms. The van der Waals surface area contributed by atoms with Crippen molar-refractivity contribution in [3.05, 3.63) is 125 Å². The van der Waals surface area contributed by atoms with Crippen LogP contribution in [0.2, 0.25) is 5.02 Å². The molecule has 0 saturated carbocycles. The van der Waals surface area contributed by atoms with Gasteiger partial charge in [0.15, 0.2) is 0 Å². The number of carbonyl (C=O) groups excluding carboxylic acids is 4. The minimum atomic E-state index is -1.25. The summed E-state index contributed by atoms with van der Waals surface area (Å²) >= 11 is 6.08. The topological polar surface area (TPSA) is 166 Å². The van der Waals surface area contributed by atoms with Gasteiger partial charge < -0.3 is 35.0 Å². The molecule has 4 N–H and O–H groups in total. The maximum Gasteiger partial charge on any atom is 0.407 e. The number of aliphatic hydroxyl groups excluding tert-OH is 1. The number of amides is 5. The Hall–Kier alpha value is -5.70. The van der Waals surface area contributed by atoms with E-state index in [2.05, 4.69) is 21.0 Å². The smallest absolute Gasteiger partial charge is 0.407 e. The van der Waals surface area contributed by atoms with Gasteiger partial charge in [-0.25, -0.2) is 14.6 Å². The summed E-state index contributed by atoms with van der Waals surface area (Å²) in [5.41, 5.74) is 5.43. The van der Waals surface area contributed by atoms with Gasteiger partial charge in [-0.2, -0.15) is 0 Å². The number of aromatic nitrogens is 1. The van der Waals surface area contributed by atoms with Crippen LogP contribution in [0.1, 0.15) is 63.6 Å². The van der Waals surface area contributed by atoms with Crippen LogP contribution < -0.4 is 20.8 Å². The highest BCUT2D eigenvalue weighted by molar-refractivity contribution is 6.30. The molecule has 5 amide bonds. The summed E-state index contributed by atoms with van der Waals surface area (Å²) in [6.45, 7) is 12.3. The van der Waals surface area contributed by atoms with Crippen molar-refractivity contribution in [2.45, 2.75) is 91.7 Å². The molecule has 1 fully saturated rings. The molecular weight excluding hydrogens is 810 g/mol. The number of benzene rings is 3. The maximum atomic E-state index is 14.6. The van der Waals surface area contributed by atoms with Gasteiger partial charge in [-0.05, 0) is 84.3 Å². The molecule has 62 heavy (non-hydrogen) atoms. The Labute approximate surface area is 369 Å². The van der Waals surface area contributed by atoms with E-state index in [1.807, 2.05) is 108 Å². The summed E-state index contributed by atoms with van der Waals surface area (Å²) in [5, 5.41) is 20.1. The van der Waals surface area contributed by atoms with Crippen LogP contribution in [-0.2, 0) is 33.8 Å².